The summed E-state index contributed by atoms with van der Waals surface area (Å²) in [5.41, 5.74) is 0. The molecule has 0 bridgehead atoms. The predicted molar refractivity (Wildman–Crippen MR) is 111 cm³/mol. The van der Waals surface area contributed by atoms with Crippen molar-refractivity contribution in [3.63, 3.8) is 0 Å². The summed E-state index contributed by atoms with van der Waals surface area (Å²) < 4.78 is 2.29. The molecular formula is C21H40Cl2N+. The Morgan fingerprint density at radius 2 is 0.875 bits per heavy atom. The van der Waals surface area contributed by atoms with Crippen molar-refractivity contribution in [1.82, 2.24) is 0 Å². The minimum atomic E-state index is 0. The molecule has 0 atom stereocenters. The largest absolute Gasteiger partial charge is 0.205 e. The van der Waals surface area contributed by atoms with E-state index in [2.05, 4.69) is 42.1 Å². The number of hydrogen-bond acceptors (Lipinski definition) is 0. The zero-order valence-electron chi connectivity index (χ0n) is 15.8. The highest BCUT2D eigenvalue weighted by Gasteiger charge is 1.98. The van der Waals surface area contributed by atoms with E-state index in [0.717, 1.165) is 0 Å². The van der Waals surface area contributed by atoms with Crippen molar-refractivity contribution in [2.45, 2.75) is 103 Å². The monoisotopic (exact) mass is 376 g/mol. The topological polar surface area (TPSA) is 3.88 Å². The van der Waals surface area contributed by atoms with Crippen molar-refractivity contribution in [2.75, 3.05) is 0 Å². The number of hydrogen-bond donors (Lipinski definition) is 0. The highest BCUT2D eigenvalue weighted by atomic mass is 35.5. The van der Waals surface area contributed by atoms with Crippen molar-refractivity contribution in [1.29, 1.82) is 0 Å². The first-order valence-corrected chi connectivity index (χ1v) is 9.87. The van der Waals surface area contributed by atoms with Crippen LogP contribution in [0, 0.1) is 0 Å². The summed E-state index contributed by atoms with van der Waals surface area (Å²) in [6.07, 6.45) is 24.4. The molecule has 0 amide bonds. The van der Waals surface area contributed by atoms with Gasteiger partial charge in [0.15, 0.2) is 12.4 Å². The summed E-state index contributed by atoms with van der Waals surface area (Å²) in [5, 5.41) is 0. The molecule has 0 unspecified atom stereocenters. The summed E-state index contributed by atoms with van der Waals surface area (Å²) in [5.74, 6) is 0. The van der Waals surface area contributed by atoms with Crippen molar-refractivity contribution in [3.05, 3.63) is 30.6 Å². The second-order valence-corrected chi connectivity index (χ2v) is 6.71. The molecule has 24 heavy (non-hydrogen) atoms. The van der Waals surface area contributed by atoms with Crippen molar-refractivity contribution >= 4 is 24.8 Å². The van der Waals surface area contributed by atoms with Gasteiger partial charge in [-0.2, -0.15) is 0 Å². The smallest absolute Gasteiger partial charge is 0.168 e. The van der Waals surface area contributed by atoms with Gasteiger partial charge in [0.2, 0.25) is 0 Å². The van der Waals surface area contributed by atoms with E-state index in [1.54, 1.807) is 0 Å². The third-order valence-electron chi connectivity index (χ3n) is 4.55. The molecule has 142 valence electrons. The van der Waals surface area contributed by atoms with Gasteiger partial charge in [0.1, 0.15) is 6.54 Å². The summed E-state index contributed by atoms with van der Waals surface area (Å²) in [6, 6.07) is 6.31. The van der Waals surface area contributed by atoms with E-state index in [1.165, 1.54) is 96.4 Å². The molecule has 0 N–H and O–H groups in total. The highest BCUT2D eigenvalue weighted by Crippen LogP contribution is 2.12. The van der Waals surface area contributed by atoms with Gasteiger partial charge in [-0.3, -0.25) is 0 Å². The van der Waals surface area contributed by atoms with E-state index in [9.17, 15) is 0 Å². The fourth-order valence-electron chi connectivity index (χ4n) is 3.07. The lowest BCUT2D eigenvalue weighted by Gasteiger charge is -2.02. The van der Waals surface area contributed by atoms with Crippen LogP contribution >= 0.6 is 24.8 Å². The average molecular weight is 377 g/mol. The molecule has 1 aromatic rings. The van der Waals surface area contributed by atoms with Crippen LogP contribution < -0.4 is 4.57 Å². The minimum absolute atomic E-state index is 0. The summed E-state index contributed by atoms with van der Waals surface area (Å²) >= 11 is 0. The number of unbranched alkanes of at least 4 members (excludes halogenated alkanes) is 13. The molecule has 0 aliphatic heterocycles. The Labute approximate surface area is 163 Å². The first kappa shape index (κ1) is 26.0. The summed E-state index contributed by atoms with van der Waals surface area (Å²) in [6.45, 7) is 3.47. The molecular weight excluding hydrogens is 337 g/mol. The molecule has 1 aromatic heterocycles. The Morgan fingerprint density at radius 3 is 1.29 bits per heavy atom. The van der Waals surface area contributed by atoms with E-state index in [1.807, 2.05) is 0 Å². The SMILES string of the molecule is CCCCCCCCCCCCCCCC[n+]1ccccc1.Cl.Cl. The maximum atomic E-state index is 2.29. The van der Waals surface area contributed by atoms with Gasteiger partial charge in [0.25, 0.3) is 0 Å². The number of pyridine rings is 1. The molecule has 0 saturated carbocycles. The molecule has 0 aliphatic rings. The van der Waals surface area contributed by atoms with Gasteiger partial charge in [0.05, 0.1) is 0 Å². The van der Waals surface area contributed by atoms with Gasteiger partial charge in [-0.25, -0.2) is 4.57 Å². The van der Waals surface area contributed by atoms with Crippen LogP contribution in [0.5, 0.6) is 0 Å². The average Bonchev–Trinajstić information content (AvgIpc) is 2.56. The van der Waals surface area contributed by atoms with E-state index >= 15 is 0 Å². The van der Waals surface area contributed by atoms with E-state index < -0.39 is 0 Å². The van der Waals surface area contributed by atoms with E-state index in [0.29, 0.717) is 0 Å². The lowest BCUT2D eigenvalue weighted by molar-refractivity contribution is -0.697. The Bertz CT molecular complexity index is 330. The van der Waals surface area contributed by atoms with Crippen LogP contribution in [-0.4, -0.2) is 0 Å². The molecule has 3 heteroatoms. The van der Waals surface area contributed by atoms with Crippen LogP contribution in [0.2, 0.25) is 0 Å². The van der Waals surface area contributed by atoms with Crippen molar-refractivity contribution < 1.29 is 4.57 Å². The number of aromatic nitrogens is 1. The van der Waals surface area contributed by atoms with Gasteiger partial charge in [-0.15, -0.1) is 24.8 Å². The molecule has 0 aliphatic carbocycles. The van der Waals surface area contributed by atoms with E-state index in [4.69, 9.17) is 0 Å². The van der Waals surface area contributed by atoms with Crippen LogP contribution in [0.4, 0.5) is 0 Å². The first-order valence-electron chi connectivity index (χ1n) is 9.87. The van der Waals surface area contributed by atoms with Gasteiger partial charge >= 0.3 is 0 Å². The third-order valence-corrected chi connectivity index (χ3v) is 4.55. The maximum absolute atomic E-state index is 2.29. The van der Waals surface area contributed by atoms with Gasteiger partial charge in [0, 0.05) is 18.6 Å². The number of rotatable bonds is 15. The summed E-state index contributed by atoms with van der Waals surface area (Å²) in [4.78, 5) is 0. The molecule has 1 nitrogen and oxygen atoms in total. The van der Waals surface area contributed by atoms with Crippen LogP contribution in [0.25, 0.3) is 0 Å². The zero-order chi connectivity index (χ0) is 15.7. The number of halogens is 2. The highest BCUT2D eigenvalue weighted by molar-refractivity contribution is 5.85. The second-order valence-electron chi connectivity index (χ2n) is 6.71. The van der Waals surface area contributed by atoms with Crippen molar-refractivity contribution in [3.8, 4) is 0 Å². The van der Waals surface area contributed by atoms with Crippen LogP contribution in [-0.2, 0) is 6.54 Å². The van der Waals surface area contributed by atoms with E-state index in [-0.39, 0.29) is 24.8 Å². The lowest BCUT2D eigenvalue weighted by Crippen LogP contribution is -2.32. The Hall–Kier alpha value is -0.270. The maximum Gasteiger partial charge on any atom is 0.168 e. The molecule has 0 spiro atoms. The molecule has 1 rings (SSSR count). The Balaban J connectivity index is 0. The number of aryl methyl sites for hydroxylation is 1. The third kappa shape index (κ3) is 16.6. The van der Waals surface area contributed by atoms with Gasteiger partial charge < -0.3 is 0 Å². The molecule has 0 saturated heterocycles. The lowest BCUT2D eigenvalue weighted by atomic mass is 10.0. The van der Waals surface area contributed by atoms with Crippen LogP contribution in [0.1, 0.15) is 96.8 Å². The standard InChI is InChI=1S/C21H38N.2ClH/c1-2-3-4-5-6-7-8-9-10-11-12-13-14-16-19-22-20-17-15-18-21-22;;/h15,17-18,20-21H,2-14,16,19H2,1H3;2*1H/q+1;;. The first-order chi connectivity index (χ1) is 10.9. The normalized spacial score (nSPS) is 10.0. The Kier molecular flexibility index (Phi) is 22.5. The molecule has 0 fully saturated rings. The molecule has 1 heterocycles. The van der Waals surface area contributed by atoms with Crippen LogP contribution in [0.3, 0.4) is 0 Å². The number of nitrogens with zero attached hydrogens (tertiary/aromatic N) is 1. The van der Waals surface area contributed by atoms with Gasteiger partial charge in [-0.05, 0) is 6.42 Å². The minimum Gasteiger partial charge on any atom is -0.205 e. The molecule has 0 aromatic carbocycles. The fraction of sp³-hybridized carbons (Fsp3) is 0.762. The fourth-order valence-corrected chi connectivity index (χ4v) is 3.07. The quantitative estimate of drug-likeness (QED) is 0.223. The van der Waals surface area contributed by atoms with Crippen molar-refractivity contribution in [2.24, 2.45) is 0 Å². The predicted octanol–water partition coefficient (Wildman–Crippen LogP) is 7.30. The summed E-state index contributed by atoms with van der Waals surface area (Å²) in [7, 11) is 0. The molecule has 0 radical (unpaired) electrons. The van der Waals surface area contributed by atoms with Crippen LogP contribution in [0.15, 0.2) is 30.6 Å². The van der Waals surface area contributed by atoms with Gasteiger partial charge in [-0.1, -0.05) is 90.0 Å². The zero-order valence-corrected chi connectivity index (χ0v) is 17.4. The second kappa shape index (κ2) is 20.8. The Morgan fingerprint density at radius 1 is 0.500 bits per heavy atom.